The summed E-state index contributed by atoms with van der Waals surface area (Å²) in [6, 6.07) is 20.7. The molecular weight excluding hydrogens is 514 g/mol. The van der Waals surface area contributed by atoms with E-state index in [1.54, 1.807) is 31.6 Å². The SMILES string of the molecule is COc1ccc([C@H]2CC(c3cccs3)=NN2C(=O)COC(=O)c2cc(C)n(-c3ccccc3)c2C)cc1OC. The lowest BCUT2D eigenvalue weighted by molar-refractivity contribution is -0.136. The van der Waals surface area contributed by atoms with Crippen LogP contribution in [-0.4, -0.2) is 48.0 Å². The van der Waals surface area contributed by atoms with Crippen molar-refractivity contribution < 1.29 is 23.8 Å². The summed E-state index contributed by atoms with van der Waals surface area (Å²) >= 11 is 1.56. The molecule has 0 fully saturated rings. The summed E-state index contributed by atoms with van der Waals surface area (Å²) in [6.45, 7) is 3.36. The minimum atomic E-state index is -0.553. The van der Waals surface area contributed by atoms with Crippen LogP contribution in [0.4, 0.5) is 0 Å². The molecule has 0 bridgehead atoms. The number of aryl methyl sites for hydroxylation is 1. The second kappa shape index (κ2) is 11.2. The lowest BCUT2D eigenvalue weighted by Crippen LogP contribution is -2.31. The van der Waals surface area contributed by atoms with Crippen molar-refractivity contribution >= 4 is 28.9 Å². The Kier molecular flexibility index (Phi) is 7.51. The number of benzene rings is 2. The number of ether oxygens (including phenoxy) is 3. The van der Waals surface area contributed by atoms with E-state index in [-0.39, 0.29) is 6.04 Å². The standard InChI is InChI=1S/C30H29N3O5S/c1-19-15-23(20(2)32(19)22-9-6-5-7-10-22)30(35)38-18-29(34)33-25(17-24(31-33)28-11-8-14-39-28)21-12-13-26(36-3)27(16-21)37-4/h5-16,25H,17-18H2,1-4H3/t25-/m1/s1. The van der Waals surface area contributed by atoms with Crippen LogP contribution in [0.1, 0.15) is 44.6 Å². The Morgan fingerprint density at radius 1 is 0.974 bits per heavy atom. The number of nitrogens with zero attached hydrogens (tertiary/aromatic N) is 3. The van der Waals surface area contributed by atoms with E-state index >= 15 is 0 Å². The van der Waals surface area contributed by atoms with Crippen molar-refractivity contribution in [3.63, 3.8) is 0 Å². The van der Waals surface area contributed by atoms with Crippen LogP contribution in [-0.2, 0) is 9.53 Å². The van der Waals surface area contributed by atoms with Crippen LogP contribution < -0.4 is 9.47 Å². The quantitative estimate of drug-likeness (QED) is 0.266. The summed E-state index contributed by atoms with van der Waals surface area (Å²) in [4.78, 5) is 27.5. The highest BCUT2D eigenvalue weighted by Gasteiger charge is 2.34. The number of methoxy groups -OCH3 is 2. The van der Waals surface area contributed by atoms with Crippen LogP contribution in [0.2, 0.25) is 0 Å². The Balaban J connectivity index is 1.37. The summed E-state index contributed by atoms with van der Waals surface area (Å²) in [5, 5.41) is 8.04. The van der Waals surface area contributed by atoms with Crippen molar-refractivity contribution in [1.82, 2.24) is 9.58 Å². The Bertz CT molecular complexity index is 1530. The number of hydrazone groups is 1. The fraction of sp³-hybridized carbons (Fsp3) is 0.233. The van der Waals surface area contributed by atoms with Crippen molar-refractivity contribution in [2.24, 2.45) is 5.10 Å². The molecule has 0 unspecified atom stereocenters. The van der Waals surface area contributed by atoms with Crippen molar-refractivity contribution in [3.05, 3.63) is 99.5 Å². The second-order valence-electron chi connectivity index (χ2n) is 9.13. The van der Waals surface area contributed by atoms with Crippen molar-refractivity contribution in [2.75, 3.05) is 20.8 Å². The molecule has 0 spiro atoms. The van der Waals surface area contributed by atoms with E-state index < -0.39 is 18.5 Å². The maximum atomic E-state index is 13.4. The fourth-order valence-electron chi connectivity index (χ4n) is 4.87. The minimum Gasteiger partial charge on any atom is -0.493 e. The minimum absolute atomic E-state index is 0.378. The van der Waals surface area contributed by atoms with Gasteiger partial charge >= 0.3 is 5.97 Å². The normalized spacial score (nSPS) is 14.7. The third-order valence-corrected chi connectivity index (χ3v) is 7.67. The summed E-state index contributed by atoms with van der Waals surface area (Å²) in [7, 11) is 3.15. The molecule has 2 aromatic heterocycles. The zero-order chi connectivity index (χ0) is 27.5. The lowest BCUT2D eigenvalue weighted by atomic mass is 10.0. The summed E-state index contributed by atoms with van der Waals surface area (Å²) in [6.07, 6.45) is 0.522. The van der Waals surface area contributed by atoms with E-state index in [0.717, 1.165) is 33.2 Å². The first-order valence-corrected chi connectivity index (χ1v) is 13.4. The number of para-hydroxylation sites is 1. The van der Waals surface area contributed by atoms with E-state index in [2.05, 4.69) is 5.10 Å². The third kappa shape index (κ3) is 5.18. The maximum Gasteiger partial charge on any atom is 0.340 e. The average Bonchev–Trinajstić information content (AvgIpc) is 3.71. The van der Waals surface area contributed by atoms with Crippen LogP contribution in [0, 0.1) is 13.8 Å². The van der Waals surface area contributed by atoms with Gasteiger partial charge in [0.1, 0.15) is 0 Å². The van der Waals surface area contributed by atoms with Crippen LogP contribution in [0.25, 0.3) is 5.69 Å². The number of esters is 1. The zero-order valence-corrected chi connectivity index (χ0v) is 23.0. The van der Waals surface area contributed by atoms with Gasteiger partial charge in [-0.15, -0.1) is 11.3 Å². The number of hydrogen-bond donors (Lipinski definition) is 0. The highest BCUT2D eigenvalue weighted by molar-refractivity contribution is 7.12. The first kappa shape index (κ1) is 26.2. The Morgan fingerprint density at radius 2 is 1.74 bits per heavy atom. The van der Waals surface area contributed by atoms with Gasteiger partial charge in [0.15, 0.2) is 18.1 Å². The van der Waals surface area contributed by atoms with Crippen molar-refractivity contribution in [2.45, 2.75) is 26.3 Å². The molecule has 3 heterocycles. The molecule has 0 aliphatic carbocycles. The van der Waals surface area contributed by atoms with Gasteiger partial charge in [-0.05, 0) is 61.2 Å². The number of carbonyl (C=O) groups is 2. The van der Waals surface area contributed by atoms with Gasteiger partial charge in [0.25, 0.3) is 5.91 Å². The highest BCUT2D eigenvalue weighted by Crippen LogP contribution is 2.38. The van der Waals surface area contributed by atoms with E-state index in [0.29, 0.717) is 23.5 Å². The molecule has 4 aromatic rings. The number of carbonyl (C=O) groups excluding carboxylic acids is 2. The molecule has 2 aromatic carbocycles. The van der Waals surface area contributed by atoms with Crippen LogP contribution in [0.3, 0.4) is 0 Å². The predicted molar refractivity (Wildman–Crippen MR) is 150 cm³/mol. The summed E-state index contributed by atoms with van der Waals surface area (Å²) in [5.41, 5.74) is 4.66. The summed E-state index contributed by atoms with van der Waals surface area (Å²) < 4.78 is 18.4. The predicted octanol–water partition coefficient (Wildman–Crippen LogP) is 5.71. The number of amides is 1. The Labute approximate surface area is 231 Å². The van der Waals surface area contributed by atoms with Crippen molar-refractivity contribution in [3.8, 4) is 17.2 Å². The maximum absolute atomic E-state index is 13.4. The molecule has 0 saturated carbocycles. The Morgan fingerprint density at radius 3 is 2.44 bits per heavy atom. The molecule has 1 atom stereocenters. The molecule has 200 valence electrons. The highest BCUT2D eigenvalue weighted by atomic mass is 32.1. The van der Waals surface area contributed by atoms with Gasteiger partial charge in [-0.1, -0.05) is 30.3 Å². The lowest BCUT2D eigenvalue weighted by Gasteiger charge is -2.22. The monoisotopic (exact) mass is 543 g/mol. The van der Waals surface area contributed by atoms with Gasteiger partial charge in [-0.2, -0.15) is 5.10 Å². The smallest absolute Gasteiger partial charge is 0.340 e. The number of thiophene rings is 1. The largest absolute Gasteiger partial charge is 0.493 e. The average molecular weight is 544 g/mol. The Hall–Kier alpha value is -4.37. The molecule has 39 heavy (non-hydrogen) atoms. The van der Waals surface area contributed by atoms with E-state index in [1.165, 1.54) is 5.01 Å². The zero-order valence-electron chi connectivity index (χ0n) is 22.2. The fourth-order valence-corrected chi connectivity index (χ4v) is 5.59. The first-order chi connectivity index (χ1) is 18.9. The molecule has 0 saturated heterocycles. The van der Waals surface area contributed by atoms with Gasteiger partial charge in [-0.25, -0.2) is 9.80 Å². The second-order valence-corrected chi connectivity index (χ2v) is 10.1. The van der Waals surface area contributed by atoms with Crippen LogP contribution >= 0.6 is 11.3 Å². The van der Waals surface area contributed by atoms with Gasteiger partial charge in [0.05, 0.1) is 36.4 Å². The molecule has 0 radical (unpaired) electrons. The third-order valence-electron chi connectivity index (χ3n) is 6.76. The topological polar surface area (TPSA) is 82.4 Å². The first-order valence-electron chi connectivity index (χ1n) is 12.5. The molecule has 8 nitrogen and oxygen atoms in total. The molecular formula is C30H29N3O5S. The van der Waals surface area contributed by atoms with Gasteiger partial charge in [0, 0.05) is 23.5 Å². The molecule has 5 rings (SSSR count). The number of hydrogen-bond acceptors (Lipinski definition) is 7. The van der Waals surface area contributed by atoms with Crippen LogP contribution in [0.15, 0.2) is 77.2 Å². The van der Waals surface area contributed by atoms with Gasteiger partial charge < -0.3 is 18.8 Å². The van der Waals surface area contributed by atoms with Crippen LogP contribution in [0.5, 0.6) is 11.5 Å². The number of rotatable bonds is 8. The van der Waals surface area contributed by atoms with E-state index in [1.807, 2.05) is 84.5 Å². The molecule has 1 aliphatic heterocycles. The molecule has 1 aliphatic rings. The molecule has 1 amide bonds. The molecule has 0 N–H and O–H groups in total. The van der Waals surface area contributed by atoms with Gasteiger partial charge in [0.2, 0.25) is 0 Å². The van der Waals surface area contributed by atoms with E-state index in [9.17, 15) is 9.59 Å². The van der Waals surface area contributed by atoms with Crippen molar-refractivity contribution in [1.29, 1.82) is 0 Å². The summed E-state index contributed by atoms with van der Waals surface area (Å²) in [5.74, 6) is 0.195. The van der Waals surface area contributed by atoms with Gasteiger partial charge in [-0.3, -0.25) is 4.79 Å². The number of aromatic nitrogens is 1. The molecule has 9 heteroatoms. The van der Waals surface area contributed by atoms with E-state index in [4.69, 9.17) is 14.2 Å².